The van der Waals surface area contributed by atoms with Gasteiger partial charge in [0.2, 0.25) is 5.95 Å². The molecule has 0 amide bonds. The largest absolute Gasteiger partial charge is 0.497 e. The van der Waals surface area contributed by atoms with Crippen molar-refractivity contribution in [3.63, 3.8) is 0 Å². The first-order chi connectivity index (χ1) is 12.3. The highest BCUT2D eigenvalue weighted by Gasteiger charge is 2.40. The highest BCUT2D eigenvalue weighted by Crippen LogP contribution is 2.32. The second kappa shape index (κ2) is 6.81. The van der Waals surface area contributed by atoms with E-state index in [1.165, 1.54) is 0 Å². The van der Waals surface area contributed by atoms with Crippen LogP contribution in [0.3, 0.4) is 0 Å². The van der Waals surface area contributed by atoms with Crippen LogP contribution in [-0.2, 0) is 9.47 Å². The molecular weight excluding hydrogens is 322 g/mol. The second-order valence-electron chi connectivity index (χ2n) is 6.09. The number of aromatic nitrogens is 3. The molecule has 4 rings (SSSR count). The topological polar surface area (TPSA) is 81.6 Å². The predicted octanol–water partition coefficient (Wildman–Crippen LogP) is 1.97. The van der Waals surface area contributed by atoms with E-state index < -0.39 is 5.79 Å². The lowest BCUT2D eigenvalue weighted by molar-refractivity contribution is -0.169. The minimum Gasteiger partial charge on any atom is -0.497 e. The summed E-state index contributed by atoms with van der Waals surface area (Å²) in [5, 5.41) is 11.3. The number of hydrogen-bond donors (Lipinski definition) is 1. The monoisotopic (exact) mass is 343 g/mol. The highest BCUT2D eigenvalue weighted by atomic mass is 16.7. The van der Waals surface area contributed by atoms with E-state index >= 15 is 0 Å². The zero-order chi connectivity index (χ0) is 17.1. The van der Waals surface area contributed by atoms with Crippen LogP contribution in [0.1, 0.15) is 12.8 Å². The number of rotatable bonds is 4. The van der Waals surface area contributed by atoms with Gasteiger partial charge in [-0.25, -0.2) is 0 Å². The molecule has 1 spiro atoms. The van der Waals surface area contributed by atoms with Crippen molar-refractivity contribution in [3.8, 4) is 5.75 Å². The number of piperidine rings is 1. The Labute approximate surface area is 146 Å². The van der Waals surface area contributed by atoms with Crippen molar-refractivity contribution >= 4 is 17.5 Å². The summed E-state index contributed by atoms with van der Waals surface area (Å²) in [5.74, 6) is 1.64. The van der Waals surface area contributed by atoms with Gasteiger partial charge >= 0.3 is 0 Å². The first-order valence-electron chi connectivity index (χ1n) is 8.40. The van der Waals surface area contributed by atoms with Gasteiger partial charge in [-0.1, -0.05) is 6.07 Å². The van der Waals surface area contributed by atoms with Crippen molar-refractivity contribution < 1.29 is 14.2 Å². The predicted molar refractivity (Wildman–Crippen MR) is 92.2 cm³/mol. The Morgan fingerprint density at radius 1 is 1.20 bits per heavy atom. The molecule has 2 aliphatic rings. The molecule has 2 aromatic rings. The normalized spacial score (nSPS) is 19.2. The lowest BCUT2D eigenvalue weighted by Gasteiger charge is -2.37. The van der Waals surface area contributed by atoms with E-state index in [4.69, 9.17) is 14.2 Å². The van der Waals surface area contributed by atoms with Gasteiger partial charge in [0.15, 0.2) is 11.6 Å². The van der Waals surface area contributed by atoms with Crippen LogP contribution < -0.4 is 15.0 Å². The Kier molecular flexibility index (Phi) is 4.37. The molecule has 0 saturated carbocycles. The average Bonchev–Trinajstić information content (AvgIpc) is 3.11. The van der Waals surface area contributed by atoms with Crippen molar-refractivity contribution in [2.75, 3.05) is 43.6 Å². The molecular formula is C17H21N5O3. The molecule has 25 heavy (non-hydrogen) atoms. The van der Waals surface area contributed by atoms with Crippen molar-refractivity contribution in [2.45, 2.75) is 18.6 Å². The quantitative estimate of drug-likeness (QED) is 0.902. The van der Waals surface area contributed by atoms with Gasteiger partial charge < -0.3 is 24.4 Å². The van der Waals surface area contributed by atoms with E-state index in [1.807, 2.05) is 24.3 Å². The van der Waals surface area contributed by atoms with Gasteiger partial charge in [0, 0.05) is 37.7 Å². The van der Waals surface area contributed by atoms with Gasteiger partial charge in [-0.3, -0.25) is 0 Å². The third-order valence-electron chi connectivity index (χ3n) is 4.53. The van der Waals surface area contributed by atoms with E-state index in [0.717, 1.165) is 43.2 Å². The molecule has 1 aromatic carbocycles. The van der Waals surface area contributed by atoms with Crippen LogP contribution in [0.25, 0.3) is 0 Å². The molecule has 1 aromatic heterocycles. The van der Waals surface area contributed by atoms with Gasteiger partial charge in [0.25, 0.3) is 0 Å². The number of methoxy groups -OCH3 is 1. The first-order valence-corrected chi connectivity index (χ1v) is 8.40. The minimum atomic E-state index is -0.390. The van der Waals surface area contributed by atoms with Crippen LogP contribution in [0.2, 0.25) is 0 Å². The fourth-order valence-corrected chi connectivity index (χ4v) is 3.19. The highest BCUT2D eigenvalue weighted by molar-refractivity contribution is 5.56. The minimum absolute atomic E-state index is 0.390. The summed E-state index contributed by atoms with van der Waals surface area (Å²) in [6.07, 6.45) is 3.34. The Morgan fingerprint density at radius 3 is 2.76 bits per heavy atom. The molecule has 8 heteroatoms. The van der Waals surface area contributed by atoms with E-state index in [1.54, 1.807) is 13.3 Å². The molecule has 1 N–H and O–H groups in total. The number of benzene rings is 1. The maximum Gasteiger partial charge on any atom is 0.249 e. The summed E-state index contributed by atoms with van der Waals surface area (Å²) < 4.78 is 16.8. The summed E-state index contributed by atoms with van der Waals surface area (Å²) >= 11 is 0. The van der Waals surface area contributed by atoms with Crippen molar-refractivity contribution in [1.82, 2.24) is 15.2 Å². The number of anilines is 3. The van der Waals surface area contributed by atoms with Crippen LogP contribution >= 0.6 is 0 Å². The molecule has 0 unspecified atom stereocenters. The maximum absolute atomic E-state index is 5.77. The SMILES string of the molecule is COc1cccc(Nc2nncc(N3CCC4(CC3)OCCO4)n2)c1. The van der Waals surface area contributed by atoms with Gasteiger partial charge in [-0.05, 0) is 12.1 Å². The summed E-state index contributed by atoms with van der Waals surface area (Å²) in [5.41, 5.74) is 0.851. The van der Waals surface area contributed by atoms with Crippen LogP contribution in [0.4, 0.5) is 17.5 Å². The Balaban J connectivity index is 1.44. The Morgan fingerprint density at radius 2 is 2.00 bits per heavy atom. The summed E-state index contributed by atoms with van der Waals surface area (Å²) in [6.45, 7) is 3.00. The lowest BCUT2D eigenvalue weighted by Crippen LogP contribution is -2.45. The second-order valence-corrected chi connectivity index (χ2v) is 6.09. The smallest absolute Gasteiger partial charge is 0.249 e. The van der Waals surface area contributed by atoms with Crippen molar-refractivity contribution in [2.24, 2.45) is 0 Å². The summed E-state index contributed by atoms with van der Waals surface area (Å²) in [4.78, 5) is 6.76. The molecule has 0 atom stereocenters. The van der Waals surface area contributed by atoms with E-state index in [0.29, 0.717) is 19.2 Å². The van der Waals surface area contributed by atoms with Gasteiger partial charge in [0.05, 0.1) is 26.5 Å². The van der Waals surface area contributed by atoms with E-state index in [-0.39, 0.29) is 0 Å². The zero-order valence-electron chi connectivity index (χ0n) is 14.1. The molecule has 8 nitrogen and oxygen atoms in total. The van der Waals surface area contributed by atoms with Crippen LogP contribution in [0.5, 0.6) is 5.75 Å². The Hall–Kier alpha value is -2.45. The van der Waals surface area contributed by atoms with Crippen LogP contribution in [-0.4, -0.2) is 54.4 Å². The number of nitrogens with one attached hydrogen (secondary N) is 1. The zero-order valence-corrected chi connectivity index (χ0v) is 14.1. The van der Waals surface area contributed by atoms with Gasteiger partial charge in [0.1, 0.15) is 5.75 Å². The summed E-state index contributed by atoms with van der Waals surface area (Å²) in [6, 6.07) is 7.61. The molecule has 2 fully saturated rings. The Bertz CT molecular complexity index is 726. The molecule has 0 radical (unpaired) electrons. The maximum atomic E-state index is 5.77. The standard InChI is InChI=1S/C17H21N5O3/c1-23-14-4-2-3-13(11-14)19-16-20-15(12-18-21-16)22-7-5-17(6-8-22)24-9-10-25-17/h2-4,11-12H,5-10H2,1H3,(H,19,20,21). The molecule has 2 aliphatic heterocycles. The van der Waals surface area contributed by atoms with Crippen molar-refractivity contribution in [1.29, 1.82) is 0 Å². The number of nitrogens with zero attached hydrogens (tertiary/aromatic N) is 4. The van der Waals surface area contributed by atoms with Gasteiger partial charge in [-0.2, -0.15) is 10.1 Å². The lowest BCUT2D eigenvalue weighted by atomic mass is 10.0. The third kappa shape index (κ3) is 3.49. The first kappa shape index (κ1) is 16.0. The van der Waals surface area contributed by atoms with Crippen LogP contribution in [0, 0.1) is 0 Å². The number of ether oxygens (including phenoxy) is 3. The molecule has 132 valence electrons. The van der Waals surface area contributed by atoms with Gasteiger partial charge in [-0.15, -0.1) is 5.10 Å². The molecule has 2 saturated heterocycles. The van der Waals surface area contributed by atoms with Crippen LogP contribution in [0.15, 0.2) is 30.5 Å². The average molecular weight is 343 g/mol. The molecule has 3 heterocycles. The fraction of sp³-hybridized carbons (Fsp3) is 0.471. The van der Waals surface area contributed by atoms with Crippen molar-refractivity contribution in [3.05, 3.63) is 30.5 Å². The van der Waals surface area contributed by atoms with E-state index in [2.05, 4.69) is 25.4 Å². The van der Waals surface area contributed by atoms with E-state index in [9.17, 15) is 0 Å². The molecule has 0 bridgehead atoms. The molecule has 0 aliphatic carbocycles. The fourth-order valence-electron chi connectivity index (χ4n) is 3.19. The number of hydrogen-bond acceptors (Lipinski definition) is 8. The third-order valence-corrected chi connectivity index (χ3v) is 4.53. The summed E-state index contributed by atoms with van der Waals surface area (Å²) in [7, 11) is 1.64.